The third-order valence-corrected chi connectivity index (χ3v) is 4.03. The van der Waals surface area contributed by atoms with Gasteiger partial charge in [-0.2, -0.15) is 0 Å². The van der Waals surface area contributed by atoms with Gasteiger partial charge in [0.15, 0.2) is 0 Å². The van der Waals surface area contributed by atoms with Crippen LogP contribution in [-0.2, 0) is 0 Å². The van der Waals surface area contributed by atoms with Gasteiger partial charge in [-0.15, -0.1) is 11.8 Å². The second kappa shape index (κ2) is 5.24. The highest BCUT2D eigenvalue weighted by Gasteiger charge is 2.08. The Morgan fingerprint density at radius 2 is 1.74 bits per heavy atom. The predicted octanol–water partition coefficient (Wildman–Crippen LogP) is 5.28. The summed E-state index contributed by atoms with van der Waals surface area (Å²) in [7, 11) is 0. The summed E-state index contributed by atoms with van der Waals surface area (Å²) in [5, 5.41) is 1.92. The van der Waals surface area contributed by atoms with Crippen molar-refractivity contribution in [2.45, 2.75) is 4.90 Å². The molecule has 19 heavy (non-hydrogen) atoms. The predicted molar refractivity (Wildman–Crippen MR) is 84.0 cm³/mol. The lowest BCUT2D eigenvalue weighted by Crippen LogP contribution is -1.89. The van der Waals surface area contributed by atoms with Crippen molar-refractivity contribution in [3.05, 3.63) is 59.6 Å². The van der Waals surface area contributed by atoms with E-state index in [0.29, 0.717) is 0 Å². The van der Waals surface area contributed by atoms with Gasteiger partial charge in [0.05, 0.1) is 11.2 Å². The summed E-state index contributed by atoms with van der Waals surface area (Å²) in [4.78, 5) is 5.96. The average Bonchev–Trinajstić information content (AvgIpc) is 2.46. The maximum Gasteiger partial charge on any atom is 0.0845 e. The zero-order valence-electron chi connectivity index (χ0n) is 10.4. The van der Waals surface area contributed by atoms with Crippen LogP contribution in [0.25, 0.3) is 22.2 Å². The van der Waals surface area contributed by atoms with Crippen molar-refractivity contribution in [1.82, 2.24) is 4.98 Å². The Labute approximate surface area is 121 Å². The Morgan fingerprint density at radius 1 is 1.00 bits per heavy atom. The van der Waals surface area contributed by atoms with E-state index in [0.717, 1.165) is 21.8 Å². The molecule has 0 N–H and O–H groups in total. The molecule has 1 nitrogen and oxygen atoms in total. The Bertz CT molecular complexity index is 722. The van der Waals surface area contributed by atoms with Crippen LogP contribution in [0, 0.1) is 0 Å². The second-order valence-corrected chi connectivity index (χ2v) is 5.52. The minimum atomic E-state index is 0.746. The van der Waals surface area contributed by atoms with Crippen molar-refractivity contribution in [3.63, 3.8) is 0 Å². The molecular formula is C16H12ClNS. The first kappa shape index (κ1) is 12.5. The summed E-state index contributed by atoms with van der Waals surface area (Å²) in [5.41, 5.74) is 3.13. The summed E-state index contributed by atoms with van der Waals surface area (Å²) < 4.78 is 0. The van der Waals surface area contributed by atoms with E-state index in [9.17, 15) is 0 Å². The standard InChI is InChI=1S/C16H12ClNS/c1-19-15-10-12-4-2-3-5-14(12)18-16(15)11-6-8-13(17)9-7-11/h2-10H,1H3. The smallest absolute Gasteiger partial charge is 0.0845 e. The molecule has 0 bridgehead atoms. The Kier molecular flexibility index (Phi) is 3.45. The van der Waals surface area contributed by atoms with Gasteiger partial charge >= 0.3 is 0 Å². The maximum atomic E-state index is 5.94. The molecule has 1 heterocycles. The fourth-order valence-electron chi connectivity index (χ4n) is 2.07. The number of thioether (sulfide) groups is 1. The van der Waals surface area contributed by atoms with E-state index in [2.05, 4.69) is 18.4 Å². The van der Waals surface area contributed by atoms with Crippen molar-refractivity contribution in [2.24, 2.45) is 0 Å². The number of para-hydroxylation sites is 1. The van der Waals surface area contributed by atoms with E-state index in [1.807, 2.05) is 42.5 Å². The van der Waals surface area contributed by atoms with Crippen LogP contribution in [0.15, 0.2) is 59.5 Å². The molecule has 0 atom stereocenters. The van der Waals surface area contributed by atoms with Gasteiger partial charge in [-0.3, -0.25) is 0 Å². The fourth-order valence-corrected chi connectivity index (χ4v) is 2.79. The van der Waals surface area contributed by atoms with Crippen molar-refractivity contribution < 1.29 is 0 Å². The van der Waals surface area contributed by atoms with Gasteiger partial charge in [0.25, 0.3) is 0 Å². The van der Waals surface area contributed by atoms with Gasteiger partial charge in [-0.25, -0.2) is 4.98 Å². The van der Waals surface area contributed by atoms with E-state index < -0.39 is 0 Å². The van der Waals surface area contributed by atoms with Crippen LogP contribution in [0.1, 0.15) is 0 Å². The quantitative estimate of drug-likeness (QED) is 0.594. The number of fused-ring (bicyclic) bond motifs is 1. The van der Waals surface area contributed by atoms with E-state index in [-0.39, 0.29) is 0 Å². The van der Waals surface area contributed by atoms with Crippen LogP contribution >= 0.6 is 23.4 Å². The van der Waals surface area contributed by atoms with Crippen LogP contribution in [0.5, 0.6) is 0 Å². The largest absolute Gasteiger partial charge is 0.247 e. The molecule has 94 valence electrons. The number of aromatic nitrogens is 1. The molecule has 0 radical (unpaired) electrons. The Balaban J connectivity index is 2.23. The normalized spacial score (nSPS) is 10.8. The Hall–Kier alpha value is -1.51. The minimum Gasteiger partial charge on any atom is -0.247 e. The molecule has 3 aromatic rings. The molecule has 0 spiro atoms. The summed E-state index contributed by atoms with van der Waals surface area (Å²) in [6.45, 7) is 0. The molecule has 0 fully saturated rings. The van der Waals surface area contributed by atoms with Crippen molar-refractivity contribution in [3.8, 4) is 11.3 Å². The third-order valence-electron chi connectivity index (χ3n) is 3.03. The van der Waals surface area contributed by atoms with E-state index in [4.69, 9.17) is 16.6 Å². The first-order chi connectivity index (χ1) is 9.28. The molecule has 0 aliphatic rings. The highest BCUT2D eigenvalue weighted by atomic mass is 35.5. The molecule has 0 aliphatic heterocycles. The van der Waals surface area contributed by atoms with Crippen LogP contribution in [0.4, 0.5) is 0 Å². The topological polar surface area (TPSA) is 12.9 Å². The number of hydrogen-bond acceptors (Lipinski definition) is 2. The van der Waals surface area contributed by atoms with Gasteiger partial charge in [-0.1, -0.05) is 41.9 Å². The third kappa shape index (κ3) is 2.46. The van der Waals surface area contributed by atoms with Gasteiger partial charge in [-0.05, 0) is 30.5 Å². The Morgan fingerprint density at radius 3 is 2.47 bits per heavy atom. The molecule has 0 amide bonds. The number of hydrogen-bond donors (Lipinski definition) is 0. The van der Waals surface area contributed by atoms with Gasteiger partial charge in [0.2, 0.25) is 0 Å². The maximum absolute atomic E-state index is 5.94. The van der Waals surface area contributed by atoms with Crippen molar-refractivity contribution in [2.75, 3.05) is 6.26 Å². The first-order valence-electron chi connectivity index (χ1n) is 5.97. The molecule has 0 aliphatic carbocycles. The van der Waals surface area contributed by atoms with Gasteiger partial charge in [0, 0.05) is 20.9 Å². The summed E-state index contributed by atoms with van der Waals surface area (Å²) in [5.74, 6) is 0. The summed E-state index contributed by atoms with van der Waals surface area (Å²) in [6, 6.07) is 18.2. The van der Waals surface area contributed by atoms with Crippen LogP contribution in [-0.4, -0.2) is 11.2 Å². The molecular weight excluding hydrogens is 274 g/mol. The molecule has 1 aromatic heterocycles. The number of benzene rings is 2. The number of halogens is 1. The summed E-state index contributed by atoms with van der Waals surface area (Å²) >= 11 is 7.66. The number of pyridine rings is 1. The molecule has 0 saturated carbocycles. The van der Waals surface area contributed by atoms with E-state index in [1.165, 1.54) is 10.3 Å². The lowest BCUT2D eigenvalue weighted by molar-refractivity contribution is 1.30. The lowest BCUT2D eigenvalue weighted by Gasteiger charge is -2.09. The van der Waals surface area contributed by atoms with Crippen molar-refractivity contribution >= 4 is 34.3 Å². The highest BCUT2D eigenvalue weighted by molar-refractivity contribution is 7.98. The SMILES string of the molecule is CSc1cc2ccccc2nc1-c1ccc(Cl)cc1. The minimum absolute atomic E-state index is 0.746. The van der Waals surface area contributed by atoms with Crippen LogP contribution in [0.2, 0.25) is 5.02 Å². The molecule has 3 heteroatoms. The molecule has 3 rings (SSSR count). The molecule has 2 aromatic carbocycles. The van der Waals surface area contributed by atoms with E-state index >= 15 is 0 Å². The average molecular weight is 286 g/mol. The second-order valence-electron chi connectivity index (χ2n) is 4.24. The summed E-state index contributed by atoms with van der Waals surface area (Å²) in [6.07, 6.45) is 2.07. The zero-order valence-corrected chi connectivity index (χ0v) is 12.0. The van der Waals surface area contributed by atoms with Crippen LogP contribution in [0.3, 0.4) is 0 Å². The molecule has 0 unspecified atom stereocenters. The van der Waals surface area contributed by atoms with Gasteiger partial charge in [0.1, 0.15) is 0 Å². The van der Waals surface area contributed by atoms with Crippen LogP contribution < -0.4 is 0 Å². The number of rotatable bonds is 2. The lowest BCUT2D eigenvalue weighted by atomic mass is 10.1. The monoisotopic (exact) mass is 285 g/mol. The zero-order chi connectivity index (χ0) is 13.2. The van der Waals surface area contributed by atoms with Crippen molar-refractivity contribution in [1.29, 1.82) is 0 Å². The highest BCUT2D eigenvalue weighted by Crippen LogP contribution is 2.31. The number of nitrogens with zero attached hydrogens (tertiary/aromatic N) is 1. The fraction of sp³-hybridized carbons (Fsp3) is 0.0625. The van der Waals surface area contributed by atoms with Gasteiger partial charge < -0.3 is 0 Å². The molecule has 0 saturated heterocycles. The first-order valence-corrected chi connectivity index (χ1v) is 7.58. The van der Waals surface area contributed by atoms with E-state index in [1.54, 1.807) is 11.8 Å².